The van der Waals surface area contributed by atoms with Gasteiger partial charge in [0.25, 0.3) is 0 Å². The van der Waals surface area contributed by atoms with E-state index in [2.05, 4.69) is 6.07 Å². The van der Waals surface area contributed by atoms with Crippen molar-refractivity contribution in [3.63, 3.8) is 0 Å². The minimum absolute atomic E-state index is 0.0166. The van der Waals surface area contributed by atoms with Crippen molar-refractivity contribution in [3.8, 4) is 0 Å². The molecule has 1 amide bonds. The number of aromatic nitrogens is 2. The van der Waals surface area contributed by atoms with Crippen LogP contribution >= 0.6 is 11.3 Å². The van der Waals surface area contributed by atoms with Crippen LogP contribution in [0.2, 0.25) is 0 Å². The first-order valence-corrected chi connectivity index (χ1v) is 10.3. The third kappa shape index (κ3) is 2.92. The van der Waals surface area contributed by atoms with Crippen molar-refractivity contribution in [3.05, 3.63) is 64.1 Å². The smallest absolute Gasteiger partial charge is 0.408 e. The first-order chi connectivity index (χ1) is 13.7. The molecule has 0 aliphatic carbocycles. The number of rotatable bonds is 3. The standard InChI is InChI=1S/C21H19N3O3S/c25-19(13-24-15-8-2-3-10-17(15)27-21(24)26)23-12-6-5-9-16(23)20-22-14-7-1-4-11-18(14)28-20/h1-4,7-8,10-11,16H,5-6,9,12-13H2/t16-/m0/s1. The van der Waals surface area contributed by atoms with Crippen LogP contribution in [0.5, 0.6) is 0 Å². The molecule has 0 bridgehead atoms. The Balaban J connectivity index is 1.46. The van der Waals surface area contributed by atoms with E-state index in [1.807, 2.05) is 35.2 Å². The fraction of sp³-hybridized carbons (Fsp3) is 0.286. The molecule has 0 N–H and O–H groups in total. The fourth-order valence-corrected chi connectivity index (χ4v) is 5.02. The monoisotopic (exact) mass is 393 g/mol. The zero-order valence-corrected chi connectivity index (χ0v) is 16.0. The van der Waals surface area contributed by atoms with E-state index >= 15 is 0 Å². The van der Waals surface area contributed by atoms with Gasteiger partial charge in [0, 0.05) is 6.54 Å². The maximum Gasteiger partial charge on any atom is 0.420 e. The van der Waals surface area contributed by atoms with Crippen LogP contribution in [0, 0.1) is 0 Å². The van der Waals surface area contributed by atoms with Crippen LogP contribution in [0.1, 0.15) is 30.3 Å². The van der Waals surface area contributed by atoms with E-state index in [4.69, 9.17) is 9.40 Å². The van der Waals surface area contributed by atoms with E-state index in [1.54, 1.807) is 23.5 Å². The lowest BCUT2D eigenvalue weighted by atomic mass is 10.0. The van der Waals surface area contributed by atoms with Crippen LogP contribution < -0.4 is 5.76 Å². The molecule has 6 nitrogen and oxygen atoms in total. The summed E-state index contributed by atoms with van der Waals surface area (Å²) in [6, 6.07) is 15.2. The van der Waals surface area contributed by atoms with Crippen molar-refractivity contribution in [2.45, 2.75) is 31.8 Å². The molecule has 0 saturated carbocycles. The Hall–Kier alpha value is -2.93. The van der Waals surface area contributed by atoms with Crippen molar-refractivity contribution in [2.24, 2.45) is 0 Å². The summed E-state index contributed by atoms with van der Waals surface area (Å²) in [4.78, 5) is 32.1. The summed E-state index contributed by atoms with van der Waals surface area (Å²) in [5, 5.41) is 0.971. The Labute approximate surface area is 165 Å². The van der Waals surface area contributed by atoms with Crippen LogP contribution in [0.25, 0.3) is 21.3 Å². The number of nitrogens with zero attached hydrogens (tertiary/aromatic N) is 3. The van der Waals surface area contributed by atoms with Gasteiger partial charge in [-0.25, -0.2) is 9.78 Å². The third-order valence-corrected chi connectivity index (χ3v) is 6.42. The van der Waals surface area contributed by atoms with Crippen molar-refractivity contribution >= 4 is 38.6 Å². The molecule has 1 atom stereocenters. The lowest BCUT2D eigenvalue weighted by Gasteiger charge is -2.34. The predicted octanol–water partition coefficient (Wildman–Crippen LogP) is 3.96. The molecule has 3 heterocycles. The zero-order valence-electron chi connectivity index (χ0n) is 15.2. The molecule has 0 spiro atoms. The Morgan fingerprint density at radius 1 is 1.14 bits per heavy atom. The molecule has 1 aliphatic rings. The second-order valence-corrected chi connectivity index (χ2v) is 8.10. The normalized spacial score (nSPS) is 17.4. The molecule has 5 rings (SSSR count). The molecule has 0 radical (unpaired) electrons. The zero-order chi connectivity index (χ0) is 19.1. The molecule has 0 unspecified atom stereocenters. The van der Waals surface area contributed by atoms with Gasteiger partial charge in [-0.2, -0.15) is 0 Å². The summed E-state index contributed by atoms with van der Waals surface area (Å²) in [7, 11) is 0. The number of piperidine rings is 1. The minimum atomic E-state index is -0.497. The fourth-order valence-electron chi connectivity index (χ4n) is 3.91. The number of thiazole rings is 1. The Morgan fingerprint density at radius 2 is 1.96 bits per heavy atom. The number of benzene rings is 2. The highest BCUT2D eigenvalue weighted by molar-refractivity contribution is 7.18. The van der Waals surface area contributed by atoms with Crippen LogP contribution in [0.3, 0.4) is 0 Å². The van der Waals surface area contributed by atoms with E-state index in [0.29, 0.717) is 17.6 Å². The van der Waals surface area contributed by atoms with Gasteiger partial charge in [-0.15, -0.1) is 11.3 Å². The van der Waals surface area contributed by atoms with E-state index in [-0.39, 0.29) is 18.5 Å². The van der Waals surface area contributed by atoms with Crippen molar-refractivity contribution in [2.75, 3.05) is 6.54 Å². The molecule has 1 aliphatic heterocycles. The minimum Gasteiger partial charge on any atom is -0.408 e. The molecule has 142 valence electrons. The van der Waals surface area contributed by atoms with Gasteiger partial charge in [-0.05, 0) is 43.5 Å². The lowest BCUT2D eigenvalue weighted by Crippen LogP contribution is -2.41. The average Bonchev–Trinajstić information content (AvgIpc) is 3.29. The van der Waals surface area contributed by atoms with E-state index < -0.39 is 5.76 Å². The summed E-state index contributed by atoms with van der Waals surface area (Å²) in [6.07, 6.45) is 2.93. The van der Waals surface area contributed by atoms with E-state index in [1.165, 1.54) is 4.57 Å². The van der Waals surface area contributed by atoms with Crippen molar-refractivity contribution in [1.29, 1.82) is 0 Å². The highest BCUT2D eigenvalue weighted by atomic mass is 32.1. The second kappa shape index (κ2) is 6.91. The Kier molecular flexibility index (Phi) is 4.24. The molecule has 2 aromatic heterocycles. The molecular weight excluding hydrogens is 374 g/mol. The molecule has 2 aromatic carbocycles. The first kappa shape index (κ1) is 17.2. The van der Waals surface area contributed by atoms with E-state index in [0.717, 1.165) is 34.5 Å². The predicted molar refractivity (Wildman–Crippen MR) is 108 cm³/mol. The number of amides is 1. The Morgan fingerprint density at radius 3 is 2.86 bits per heavy atom. The number of para-hydroxylation sites is 3. The van der Waals surface area contributed by atoms with Gasteiger partial charge >= 0.3 is 5.76 Å². The third-order valence-electron chi connectivity index (χ3n) is 5.29. The van der Waals surface area contributed by atoms with E-state index in [9.17, 15) is 9.59 Å². The van der Waals surface area contributed by atoms with Gasteiger partial charge in [0.15, 0.2) is 5.58 Å². The molecule has 4 aromatic rings. The maximum atomic E-state index is 13.2. The van der Waals surface area contributed by atoms with Crippen LogP contribution in [0.4, 0.5) is 0 Å². The summed E-state index contributed by atoms with van der Waals surface area (Å²) in [5.74, 6) is -0.569. The molecule has 7 heteroatoms. The number of likely N-dealkylation sites (tertiary alicyclic amines) is 1. The van der Waals surface area contributed by atoms with Crippen LogP contribution in [0.15, 0.2) is 57.7 Å². The lowest BCUT2D eigenvalue weighted by molar-refractivity contribution is -0.135. The van der Waals surface area contributed by atoms with Gasteiger partial charge in [0.1, 0.15) is 11.6 Å². The van der Waals surface area contributed by atoms with Crippen LogP contribution in [-0.2, 0) is 11.3 Å². The second-order valence-electron chi connectivity index (χ2n) is 7.04. The number of fused-ring (bicyclic) bond motifs is 2. The largest absolute Gasteiger partial charge is 0.420 e. The first-order valence-electron chi connectivity index (χ1n) is 9.44. The van der Waals surface area contributed by atoms with Crippen LogP contribution in [-0.4, -0.2) is 26.9 Å². The molecule has 1 saturated heterocycles. The summed E-state index contributed by atoms with van der Waals surface area (Å²) < 4.78 is 7.82. The Bertz CT molecular complexity index is 1190. The number of oxazole rings is 1. The number of hydrogen-bond donors (Lipinski definition) is 0. The highest BCUT2D eigenvalue weighted by Crippen LogP contribution is 2.35. The van der Waals surface area contributed by atoms with Gasteiger partial charge in [0.05, 0.1) is 21.8 Å². The summed E-state index contributed by atoms with van der Waals surface area (Å²) in [5.41, 5.74) is 2.12. The quantitative estimate of drug-likeness (QED) is 0.528. The number of hydrogen-bond acceptors (Lipinski definition) is 5. The molecule has 1 fully saturated rings. The van der Waals surface area contributed by atoms with Gasteiger partial charge < -0.3 is 9.32 Å². The molecule has 28 heavy (non-hydrogen) atoms. The summed E-state index contributed by atoms with van der Waals surface area (Å²) >= 11 is 1.65. The van der Waals surface area contributed by atoms with Crippen molar-refractivity contribution in [1.82, 2.24) is 14.5 Å². The average molecular weight is 393 g/mol. The van der Waals surface area contributed by atoms with Gasteiger partial charge in [0.2, 0.25) is 5.91 Å². The highest BCUT2D eigenvalue weighted by Gasteiger charge is 2.31. The van der Waals surface area contributed by atoms with Gasteiger partial charge in [-0.3, -0.25) is 9.36 Å². The number of carbonyl (C=O) groups is 1. The summed E-state index contributed by atoms with van der Waals surface area (Å²) in [6.45, 7) is 0.668. The SMILES string of the molecule is O=C(Cn1c(=O)oc2ccccc21)N1CCCC[C@H]1c1nc2ccccc2s1. The van der Waals surface area contributed by atoms with Crippen molar-refractivity contribution < 1.29 is 9.21 Å². The number of carbonyl (C=O) groups excluding carboxylic acids is 1. The van der Waals surface area contributed by atoms with Gasteiger partial charge in [-0.1, -0.05) is 24.3 Å². The topological polar surface area (TPSA) is 68.3 Å². The molecular formula is C21H19N3O3S. The maximum absolute atomic E-state index is 13.2.